The Labute approximate surface area is 105 Å². The molecule has 2 aromatic rings. The molecule has 1 amide bonds. The lowest BCUT2D eigenvalue weighted by Gasteiger charge is -2.01. The monoisotopic (exact) mass is 243 g/mol. The van der Waals surface area contributed by atoms with Crippen LogP contribution in [0.3, 0.4) is 0 Å². The maximum atomic E-state index is 11.6. The van der Waals surface area contributed by atoms with Gasteiger partial charge in [0, 0.05) is 11.8 Å². The number of aryl methyl sites for hydroxylation is 1. The average molecular weight is 243 g/mol. The minimum atomic E-state index is -0.111. The number of nitrogens with one attached hydrogen (secondary N) is 1. The third-order valence-corrected chi connectivity index (χ3v) is 2.99. The van der Waals surface area contributed by atoms with Crippen LogP contribution in [0.5, 0.6) is 0 Å². The molecule has 0 bridgehead atoms. The lowest BCUT2D eigenvalue weighted by molar-refractivity contribution is -0.111. The lowest BCUT2D eigenvalue weighted by Crippen LogP contribution is -2.07. The zero-order chi connectivity index (χ0) is 12.1. The van der Waals surface area contributed by atoms with Crippen molar-refractivity contribution in [3.05, 3.63) is 58.3 Å². The van der Waals surface area contributed by atoms with E-state index >= 15 is 0 Å². The molecule has 1 N–H and O–H groups in total. The van der Waals surface area contributed by atoms with Crippen LogP contribution in [-0.4, -0.2) is 5.91 Å². The fraction of sp³-hybridized carbons (Fsp3) is 0.0714. The normalized spacial score (nSPS) is 10.6. The molecule has 2 nitrogen and oxygen atoms in total. The molecule has 0 unspecified atom stereocenters. The van der Waals surface area contributed by atoms with Gasteiger partial charge in [0.2, 0.25) is 5.91 Å². The predicted octanol–water partition coefficient (Wildman–Crippen LogP) is 3.71. The Hall–Kier alpha value is -1.87. The number of rotatable bonds is 3. The highest BCUT2D eigenvalue weighted by Gasteiger charge is 1.97. The first-order chi connectivity index (χ1) is 8.24. The smallest absolute Gasteiger partial charge is 0.248 e. The van der Waals surface area contributed by atoms with Gasteiger partial charge in [-0.1, -0.05) is 17.7 Å². The van der Waals surface area contributed by atoms with Crippen LogP contribution < -0.4 is 5.32 Å². The van der Waals surface area contributed by atoms with Gasteiger partial charge in [-0.05, 0) is 47.5 Å². The highest BCUT2D eigenvalue weighted by atomic mass is 32.1. The van der Waals surface area contributed by atoms with Crippen LogP contribution in [0.25, 0.3) is 6.08 Å². The fourth-order valence-corrected chi connectivity index (χ4v) is 1.99. The van der Waals surface area contributed by atoms with E-state index in [2.05, 4.69) is 5.32 Å². The van der Waals surface area contributed by atoms with E-state index in [4.69, 9.17) is 0 Å². The predicted molar refractivity (Wildman–Crippen MR) is 73.2 cm³/mol. The van der Waals surface area contributed by atoms with Crippen LogP contribution in [-0.2, 0) is 4.79 Å². The number of benzene rings is 1. The Balaban J connectivity index is 1.95. The molecule has 0 fully saturated rings. The Morgan fingerprint density at radius 3 is 2.65 bits per heavy atom. The highest BCUT2D eigenvalue weighted by Crippen LogP contribution is 2.10. The van der Waals surface area contributed by atoms with Crippen molar-refractivity contribution in [3.63, 3.8) is 0 Å². The van der Waals surface area contributed by atoms with Crippen LogP contribution in [0.2, 0.25) is 0 Å². The summed E-state index contributed by atoms with van der Waals surface area (Å²) in [6, 6.07) is 9.70. The van der Waals surface area contributed by atoms with E-state index in [1.165, 1.54) is 5.56 Å². The lowest BCUT2D eigenvalue weighted by atomic mass is 10.2. The molecular weight excluding hydrogens is 230 g/mol. The number of thiophene rings is 1. The Morgan fingerprint density at radius 1 is 1.24 bits per heavy atom. The molecule has 1 aromatic carbocycles. The van der Waals surface area contributed by atoms with E-state index in [-0.39, 0.29) is 5.91 Å². The van der Waals surface area contributed by atoms with Crippen molar-refractivity contribution >= 4 is 29.0 Å². The number of carbonyl (C=O) groups is 1. The quantitative estimate of drug-likeness (QED) is 0.818. The van der Waals surface area contributed by atoms with E-state index < -0.39 is 0 Å². The second-order valence-electron chi connectivity index (χ2n) is 3.75. The van der Waals surface area contributed by atoms with Gasteiger partial charge in [0.25, 0.3) is 0 Å². The molecule has 1 heterocycles. The van der Waals surface area contributed by atoms with Crippen LogP contribution in [0.4, 0.5) is 5.69 Å². The molecular formula is C14H13NOS. The standard InChI is InChI=1S/C14H13NOS/c1-11-2-5-13(6-3-11)15-14(16)7-4-12-8-9-17-10-12/h2-10H,1H3,(H,15,16)/b7-4+. The van der Waals surface area contributed by atoms with Crippen molar-refractivity contribution in [2.75, 3.05) is 5.32 Å². The molecule has 86 valence electrons. The third-order valence-electron chi connectivity index (χ3n) is 2.29. The fourth-order valence-electron chi connectivity index (χ4n) is 1.36. The molecule has 17 heavy (non-hydrogen) atoms. The molecule has 0 aliphatic rings. The van der Waals surface area contributed by atoms with Gasteiger partial charge in [-0.25, -0.2) is 0 Å². The third kappa shape index (κ3) is 3.57. The Kier molecular flexibility index (Phi) is 3.73. The summed E-state index contributed by atoms with van der Waals surface area (Å²) in [7, 11) is 0. The molecule has 0 saturated carbocycles. The maximum Gasteiger partial charge on any atom is 0.248 e. The summed E-state index contributed by atoms with van der Waals surface area (Å²) < 4.78 is 0. The number of amides is 1. The van der Waals surface area contributed by atoms with Gasteiger partial charge in [0.05, 0.1) is 0 Å². The van der Waals surface area contributed by atoms with Crippen LogP contribution >= 0.6 is 11.3 Å². The van der Waals surface area contributed by atoms with E-state index in [1.54, 1.807) is 23.5 Å². The van der Waals surface area contributed by atoms with Gasteiger partial charge >= 0.3 is 0 Å². The summed E-state index contributed by atoms with van der Waals surface area (Å²) in [5.74, 6) is -0.111. The number of carbonyl (C=O) groups excluding carboxylic acids is 1. The van der Waals surface area contributed by atoms with Gasteiger partial charge < -0.3 is 5.32 Å². The van der Waals surface area contributed by atoms with Gasteiger partial charge in [-0.15, -0.1) is 0 Å². The van der Waals surface area contributed by atoms with Gasteiger partial charge in [0.15, 0.2) is 0 Å². The SMILES string of the molecule is Cc1ccc(NC(=O)/C=C/c2ccsc2)cc1. The summed E-state index contributed by atoms with van der Waals surface area (Å²) in [5.41, 5.74) is 3.04. The number of anilines is 1. The van der Waals surface area contributed by atoms with Crippen molar-refractivity contribution < 1.29 is 4.79 Å². The first kappa shape index (κ1) is 11.6. The second kappa shape index (κ2) is 5.46. The van der Waals surface area contributed by atoms with Gasteiger partial charge in [-0.2, -0.15) is 11.3 Å². The number of hydrogen-bond acceptors (Lipinski definition) is 2. The van der Waals surface area contributed by atoms with E-state index in [0.717, 1.165) is 11.3 Å². The summed E-state index contributed by atoms with van der Waals surface area (Å²) in [6.07, 6.45) is 3.35. The molecule has 0 aliphatic heterocycles. The summed E-state index contributed by atoms with van der Waals surface area (Å²) >= 11 is 1.61. The van der Waals surface area contributed by atoms with Gasteiger partial charge in [0.1, 0.15) is 0 Å². The molecule has 0 aliphatic carbocycles. The van der Waals surface area contributed by atoms with Crippen molar-refractivity contribution in [2.24, 2.45) is 0 Å². The van der Waals surface area contributed by atoms with Crippen molar-refractivity contribution in [2.45, 2.75) is 6.92 Å². The van der Waals surface area contributed by atoms with Crippen LogP contribution in [0, 0.1) is 6.92 Å². The molecule has 1 aromatic heterocycles. The zero-order valence-corrected chi connectivity index (χ0v) is 10.3. The largest absolute Gasteiger partial charge is 0.323 e. The average Bonchev–Trinajstić information content (AvgIpc) is 2.83. The van der Waals surface area contributed by atoms with E-state index in [1.807, 2.05) is 48.0 Å². The molecule has 0 radical (unpaired) electrons. The summed E-state index contributed by atoms with van der Waals surface area (Å²) in [5, 5.41) is 6.79. The Morgan fingerprint density at radius 2 is 2.00 bits per heavy atom. The highest BCUT2D eigenvalue weighted by molar-refractivity contribution is 7.08. The van der Waals surface area contributed by atoms with Crippen molar-refractivity contribution in [1.29, 1.82) is 0 Å². The van der Waals surface area contributed by atoms with Gasteiger partial charge in [-0.3, -0.25) is 4.79 Å². The minimum absolute atomic E-state index is 0.111. The van der Waals surface area contributed by atoms with Crippen LogP contribution in [0.1, 0.15) is 11.1 Å². The van der Waals surface area contributed by atoms with E-state index in [0.29, 0.717) is 0 Å². The van der Waals surface area contributed by atoms with E-state index in [9.17, 15) is 4.79 Å². The molecule has 2 rings (SSSR count). The second-order valence-corrected chi connectivity index (χ2v) is 4.53. The molecule has 0 spiro atoms. The maximum absolute atomic E-state index is 11.6. The van der Waals surface area contributed by atoms with Crippen molar-refractivity contribution in [3.8, 4) is 0 Å². The minimum Gasteiger partial charge on any atom is -0.323 e. The summed E-state index contributed by atoms with van der Waals surface area (Å²) in [6.45, 7) is 2.02. The summed E-state index contributed by atoms with van der Waals surface area (Å²) in [4.78, 5) is 11.6. The zero-order valence-electron chi connectivity index (χ0n) is 9.51. The Bertz CT molecular complexity index is 512. The van der Waals surface area contributed by atoms with Crippen LogP contribution in [0.15, 0.2) is 47.2 Å². The first-order valence-corrected chi connectivity index (χ1v) is 6.26. The molecule has 3 heteroatoms. The van der Waals surface area contributed by atoms with Crippen molar-refractivity contribution in [1.82, 2.24) is 0 Å². The molecule has 0 saturated heterocycles. The topological polar surface area (TPSA) is 29.1 Å². The molecule has 0 atom stereocenters. The first-order valence-electron chi connectivity index (χ1n) is 5.32. The number of hydrogen-bond donors (Lipinski definition) is 1.